The molecule has 0 atom stereocenters. The molecule has 1 amide bonds. The lowest BCUT2D eigenvalue weighted by Crippen LogP contribution is -2.35. The van der Waals surface area contributed by atoms with Crippen molar-refractivity contribution in [1.82, 2.24) is 14.7 Å². The van der Waals surface area contributed by atoms with Gasteiger partial charge in [-0.05, 0) is 26.0 Å². The van der Waals surface area contributed by atoms with Crippen molar-refractivity contribution in [2.75, 3.05) is 5.75 Å². The molecule has 0 aliphatic heterocycles. The topological polar surface area (TPSA) is 80.5 Å². The number of carbonyl (C=O) groups is 1. The first-order valence-electron chi connectivity index (χ1n) is 6.38. The van der Waals surface area contributed by atoms with Crippen LogP contribution in [0.25, 0.3) is 5.65 Å². The number of imidazole rings is 1. The summed E-state index contributed by atoms with van der Waals surface area (Å²) in [4.78, 5) is 15.7. The van der Waals surface area contributed by atoms with Gasteiger partial charge in [-0.2, -0.15) is 0 Å². The molecule has 0 bridgehead atoms. The lowest BCUT2D eigenvalue weighted by Gasteiger charge is -2.08. The monoisotopic (exact) mass is 329 g/mol. The minimum absolute atomic E-state index is 0.0926. The first-order valence-corrected chi connectivity index (χ1v) is 8.58. The largest absolute Gasteiger partial charge is 0.353 e. The van der Waals surface area contributed by atoms with Crippen LogP contribution >= 0.6 is 11.6 Å². The Bertz CT molecular complexity index is 768. The Labute approximate surface area is 128 Å². The molecule has 2 aromatic rings. The van der Waals surface area contributed by atoms with Gasteiger partial charge in [0.1, 0.15) is 11.4 Å². The summed E-state index contributed by atoms with van der Waals surface area (Å²) in [6, 6.07) is 3.28. The Kier molecular flexibility index (Phi) is 4.53. The van der Waals surface area contributed by atoms with Crippen molar-refractivity contribution >= 4 is 33.0 Å². The number of nitrogens with one attached hydrogen (secondary N) is 1. The van der Waals surface area contributed by atoms with Crippen LogP contribution in [-0.2, 0) is 20.4 Å². The maximum Gasteiger partial charge on any atom is 0.235 e. The number of pyridine rings is 1. The molecule has 114 valence electrons. The molecule has 0 aromatic carbocycles. The van der Waals surface area contributed by atoms with E-state index in [4.69, 9.17) is 11.6 Å². The van der Waals surface area contributed by atoms with Crippen LogP contribution in [0, 0.1) is 0 Å². The molecule has 8 heteroatoms. The van der Waals surface area contributed by atoms with Crippen molar-refractivity contribution in [3.05, 3.63) is 35.2 Å². The van der Waals surface area contributed by atoms with Gasteiger partial charge >= 0.3 is 0 Å². The smallest absolute Gasteiger partial charge is 0.235 e. The third-order valence-corrected chi connectivity index (χ3v) is 4.29. The van der Waals surface area contributed by atoms with Gasteiger partial charge in [0.25, 0.3) is 0 Å². The molecule has 0 aliphatic rings. The fourth-order valence-electron chi connectivity index (χ4n) is 1.93. The van der Waals surface area contributed by atoms with Gasteiger partial charge in [-0.15, -0.1) is 0 Å². The zero-order chi connectivity index (χ0) is 15.6. The van der Waals surface area contributed by atoms with Gasteiger partial charge in [-0.1, -0.05) is 11.6 Å². The Hall–Kier alpha value is -1.60. The number of hydrogen-bond donors (Lipinski definition) is 1. The molecule has 0 saturated heterocycles. The molecule has 21 heavy (non-hydrogen) atoms. The van der Waals surface area contributed by atoms with E-state index in [2.05, 4.69) is 10.3 Å². The fraction of sp³-hybridized carbons (Fsp3) is 0.385. The van der Waals surface area contributed by atoms with Crippen molar-refractivity contribution in [3.63, 3.8) is 0 Å². The van der Waals surface area contributed by atoms with Gasteiger partial charge in [-0.25, -0.2) is 13.4 Å². The van der Waals surface area contributed by atoms with Gasteiger partial charge in [0.15, 0.2) is 9.84 Å². The quantitative estimate of drug-likeness (QED) is 0.899. The SMILES string of the molecule is CC(C)NC(=O)CS(=O)(=O)Cc1cn2cc(Cl)ccc2n1. The summed E-state index contributed by atoms with van der Waals surface area (Å²) < 4.78 is 25.7. The molecular weight excluding hydrogens is 314 g/mol. The second-order valence-corrected chi connectivity index (χ2v) is 7.60. The van der Waals surface area contributed by atoms with Crippen LogP contribution in [0.4, 0.5) is 0 Å². The molecule has 6 nitrogen and oxygen atoms in total. The summed E-state index contributed by atoms with van der Waals surface area (Å²) in [6.07, 6.45) is 3.24. The number of fused-ring (bicyclic) bond motifs is 1. The zero-order valence-electron chi connectivity index (χ0n) is 11.7. The number of rotatable bonds is 5. The summed E-state index contributed by atoms with van der Waals surface area (Å²) in [5.41, 5.74) is 0.992. The van der Waals surface area contributed by atoms with E-state index in [9.17, 15) is 13.2 Å². The summed E-state index contributed by atoms with van der Waals surface area (Å²) in [7, 11) is -3.56. The van der Waals surface area contributed by atoms with Crippen LogP contribution < -0.4 is 5.32 Å². The van der Waals surface area contributed by atoms with Gasteiger partial charge < -0.3 is 9.72 Å². The van der Waals surface area contributed by atoms with Crippen molar-refractivity contribution in [2.45, 2.75) is 25.6 Å². The highest BCUT2D eigenvalue weighted by Crippen LogP contribution is 2.13. The molecule has 1 N–H and O–H groups in total. The molecule has 2 rings (SSSR count). The first-order chi connectivity index (χ1) is 9.75. The number of sulfone groups is 1. The lowest BCUT2D eigenvalue weighted by atomic mass is 10.4. The number of halogens is 1. The summed E-state index contributed by atoms with van der Waals surface area (Å²) in [5, 5.41) is 3.09. The molecule has 0 unspecified atom stereocenters. The fourth-order valence-corrected chi connectivity index (χ4v) is 3.27. The van der Waals surface area contributed by atoms with E-state index >= 15 is 0 Å². The predicted octanol–water partition coefficient (Wildman–Crippen LogP) is 1.43. The van der Waals surface area contributed by atoms with Crippen molar-refractivity contribution in [1.29, 1.82) is 0 Å². The second kappa shape index (κ2) is 6.03. The van der Waals surface area contributed by atoms with Crippen LogP contribution in [-0.4, -0.2) is 35.5 Å². The van der Waals surface area contributed by atoms with Crippen LogP contribution in [0.3, 0.4) is 0 Å². The molecule has 2 heterocycles. The lowest BCUT2D eigenvalue weighted by molar-refractivity contribution is -0.119. The van der Waals surface area contributed by atoms with E-state index in [-0.39, 0.29) is 11.8 Å². The summed E-state index contributed by atoms with van der Waals surface area (Å²) in [6.45, 7) is 3.55. The third kappa shape index (κ3) is 4.44. The molecule has 0 spiro atoms. The predicted molar refractivity (Wildman–Crippen MR) is 81.0 cm³/mol. The number of amides is 1. The molecule has 0 fully saturated rings. The van der Waals surface area contributed by atoms with Crippen LogP contribution in [0.15, 0.2) is 24.5 Å². The third-order valence-electron chi connectivity index (χ3n) is 2.63. The second-order valence-electron chi connectivity index (χ2n) is 5.10. The van der Waals surface area contributed by atoms with E-state index in [0.29, 0.717) is 16.4 Å². The molecule has 0 radical (unpaired) electrons. The number of nitrogens with zero attached hydrogens (tertiary/aromatic N) is 2. The van der Waals surface area contributed by atoms with Crippen molar-refractivity contribution in [2.24, 2.45) is 0 Å². The maximum atomic E-state index is 12.0. The Balaban J connectivity index is 2.13. The molecule has 0 aliphatic carbocycles. The zero-order valence-corrected chi connectivity index (χ0v) is 13.3. The normalized spacial score (nSPS) is 12.0. The van der Waals surface area contributed by atoms with E-state index in [1.54, 1.807) is 42.8 Å². The molecule has 0 saturated carbocycles. The van der Waals surface area contributed by atoms with Gasteiger partial charge in [0.05, 0.1) is 16.5 Å². The minimum Gasteiger partial charge on any atom is -0.353 e. The van der Waals surface area contributed by atoms with Crippen molar-refractivity contribution in [3.8, 4) is 0 Å². The van der Waals surface area contributed by atoms with E-state index in [1.165, 1.54) is 0 Å². The van der Waals surface area contributed by atoms with Gasteiger partial charge in [0.2, 0.25) is 5.91 Å². The number of hydrogen-bond acceptors (Lipinski definition) is 4. The van der Waals surface area contributed by atoms with Crippen LogP contribution in [0.2, 0.25) is 5.02 Å². The van der Waals surface area contributed by atoms with Crippen LogP contribution in [0.5, 0.6) is 0 Å². The standard InChI is InChI=1S/C13H16ClN3O3S/c1-9(2)15-13(18)8-21(19,20)7-11-6-17-5-10(14)3-4-12(17)16-11/h3-6,9H,7-8H2,1-2H3,(H,15,18). The molecular formula is C13H16ClN3O3S. The summed E-state index contributed by atoms with van der Waals surface area (Å²) >= 11 is 5.86. The van der Waals surface area contributed by atoms with E-state index in [0.717, 1.165) is 0 Å². The van der Waals surface area contributed by atoms with E-state index < -0.39 is 21.5 Å². The Morgan fingerprint density at radius 1 is 1.38 bits per heavy atom. The Morgan fingerprint density at radius 3 is 2.76 bits per heavy atom. The van der Waals surface area contributed by atoms with Crippen LogP contribution in [0.1, 0.15) is 19.5 Å². The number of aromatic nitrogens is 2. The van der Waals surface area contributed by atoms with Gasteiger partial charge in [0, 0.05) is 18.4 Å². The highest BCUT2D eigenvalue weighted by Gasteiger charge is 2.19. The minimum atomic E-state index is -3.56. The maximum absolute atomic E-state index is 12.0. The average Bonchev–Trinajstić information content (AvgIpc) is 2.66. The summed E-state index contributed by atoms with van der Waals surface area (Å²) in [5.74, 6) is -1.32. The Morgan fingerprint density at radius 2 is 2.10 bits per heavy atom. The molecule has 2 aromatic heterocycles. The van der Waals surface area contributed by atoms with Gasteiger partial charge in [-0.3, -0.25) is 4.79 Å². The highest BCUT2D eigenvalue weighted by molar-refractivity contribution is 7.91. The average molecular weight is 330 g/mol. The number of carbonyl (C=O) groups excluding carboxylic acids is 1. The first kappa shape index (κ1) is 15.8. The van der Waals surface area contributed by atoms with E-state index in [1.807, 2.05) is 0 Å². The van der Waals surface area contributed by atoms with Crippen molar-refractivity contribution < 1.29 is 13.2 Å². The highest BCUT2D eigenvalue weighted by atomic mass is 35.5.